The molecule has 0 saturated heterocycles. The van der Waals surface area contributed by atoms with Gasteiger partial charge in [0.1, 0.15) is 10.6 Å². The highest BCUT2D eigenvalue weighted by molar-refractivity contribution is 7.86. The number of nitrogens with one attached hydrogen (secondary N) is 1. The van der Waals surface area contributed by atoms with Crippen molar-refractivity contribution in [2.24, 2.45) is 5.90 Å². The molecule has 3 rings (SSSR count). The number of rotatable bonds is 7. The molecule has 1 aromatic carbocycles. The minimum absolute atomic E-state index is 0.0515. The van der Waals surface area contributed by atoms with Crippen molar-refractivity contribution in [3.8, 4) is 11.3 Å². The smallest absolute Gasteiger partial charge is 0.408 e. The molecular formula is C20H23N3O5S3. The van der Waals surface area contributed by atoms with Crippen LogP contribution in [0.1, 0.15) is 37.4 Å². The first-order chi connectivity index (χ1) is 14.6. The molecule has 0 spiro atoms. The monoisotopic (exact) mass is 481 g/mol. The summed E-state index contributed by atoms with van der Waals surface area (Å²) in [7, 11) is -3.98. The highest BCUT2D eigenvalue weighted by Gasteiger charge is 2.24. The van der Waals surface area contributed by atoms with E-state index < -0.39 is 27.9 Å². The van der Waals surface area contributed by atoms with E-state index in [2.05, 4.69) is 9.60 Å². The number of carbonyl (C=O) groups excluding carboxylic acids is 1. The van der Waals surface area contributed by atoms with Crippen LogP contribution in [0.4, 0.5) is 4.79 Å². The van der Waals surface area contributed by atoms with Gasteiger partial charge in [-0.1, -0.05) is 12.1 Å². The Labute approximate surface area is 189 Å². The van der Waals surface area contributed by atoms with Crippen LogP contribution in [-0.2, 0) is 25.6 Å². The van der Waals surface area contributed by atoms with E-state index in [1.54, 1.807) is 44.2 Å². The number of carbonyl (C=O) groups is 1. The number of amides is 1. The molecule has 0 aliphatic carbocycles. The number of nitrogens with zero attached hydrogens (tertiary/aromatic N) is 1. The van der Waals surface area contributed by atoms with Crippen molar-refractivity contribution in [2.75, 3.05) is 0 Å². The molecule has 31 heavy (non-hydrogen) atoms. The summed E-state index contributed by atoms with van der Waals surface area (Å²) in [5.74, 6) is 4.83. The predicted octanol–water partition coefficient (Wildman–Crippen LogP) is 4.26. The van der Waals surface area contributed by atoms with Crippen molar-refractivity contribution >= 4 is 38.9 Å². The van der Waals surface area contributed by atoms with Crippen molar-refractivity contribution in [2.45, 2.75) is 43.7 Å². The Balaban J connectivity index is 1.84. The Morgan fingerprint density at radius 3 is 2.48 bits per heavy atom. The second kappa shape index (κ2) is 9.45. The first kappa shape index (κ1) is 23.4. The van der Waals surface area contributed by atoms with Crippen LogP contribution in [0.5, 0.6) is 0 Å². The van der Waals surface area contributed by atoms with Crippen LogP contribution in [0, 0.1) is 0 Å². The maximum Gasteiger partial charge on any atom is 0.408 e. The van der Waals surface area contributed by atoms with Crippen LogP contribution >= 0.6 is 22.7 Å². The highest BCUT2D eigenvalue weighted by Crippen LogP contribution is 2.29. The topological polar surface area (TPSA) is 121 Å². The van der Waals surface area contributed by atoms with Gasteiger partial charge in [0.15, 0.2) is 0 Å². The van der Waals surface area contributed by atoms with E-state index >= 15 is 0 Å². The molecule has 1 amide bonds. The van der Waals surface area contributed by atoms with E-state index in [0.717, 1.165) is 16.8 Å². The lowest BCUT2D eigenvalue weighted by molar-refractivity contribution is 0.0503. The summed E-state index contributed by atoms with van der Waals surface area (Å²) in [6.07, 6.45) is -0.167. The SMILES string of the molecule is CC(C)(C)OC(=O)N[C@@H](Cc1ccc(S(=O)(=O)ON)cc1)c1nc(-c2ccsc2)cs1. The van der Waals surface area contributed by atoms with Crippen molar-refractivity contribution in [1.82, 2.24) is 10.3 Å². The lowest BCUT2D eigenvalue weighted by Gasteiger charge is -2.23. The maximum absolute atomic E-state index is 12.4. The van der Waals surface area contributed by atoms with Crippen LogP contribution in [-0.4, -0.2) is 25.1 Å². The molecule has 2 aromatic heterocycles. The third kappa shape index (κ3) is 6.34. The number of thiazole rings is 1. The summed E-state index contributed by atoms with van der Waals surface area (Å²) in [6, 6.07) is 7.62. The molecule has 0 fully saturated rings. The molecule has 11 heteroatoms. The molecule has 2 heterocycles. The average molecular weight is 482 g/mol. The van der Waals surface area contributed by atoms with Crippen molar-refractivity contribution < 1.29 is 22.2 Å². The standard InChI is InChI=1S/C20H23N3O5S3/c1-20(2,3)27-19(24)23-16(18-22-17(12-30-18)14-8-9-29-11-14)10-13-4-6-15(7-5-13)31(25,26)28-21/h4-9,11-12,16H,10,21H2,1-3H3,(H,23,24)/t16-/m0/s1. The molecule has 1 atom stereocenters. The second-order valence-electron chi connectivity index (χ2n) is 7.68. The number of thiophene rings is 1. The Kier molecular flexibility index (Phi) is 7.12. The van der Waals surface area contributed by atoms with E-state index in [4.69, 9.17) is 15.6 Å². The number of ether oxygens (including phenoxy) is 1. The summed E-state index contributed by atoms with van der Waals surface area (Å²) in [6.45, 7) is 5.37. The van der Waals surface area contributed by atoms with E-state index in [1.807, 2.05) is 22.2 Å². The quantitative estimate of drug-likeness (QED) is 0.484. The van der Waals surface area contributed by atoms with E-state index in [9.17, 15) is 13.2 Å². The van der Waals surface area contributed by atoms with Crippen LogP contribution in [0.3, 0.4) is 0 Å². The largest absolute Gasteiger partial charge is 0.444 e. The number of hydrogen-bond acceptors (Lipinski definition) is 9. The van der Waals surface area contributed by atoms with Crippen LogP contribution < -0.4 is 11.2 Å². The lowest BCUT2D eigenvalue weighted by atomic mass is 10.1. The third-order valence-corrected chi connectivity index (χ3v) is 6.85. The average Bonchev–Trinajstić information content (AvgIpc) is 3.38. The second-order valence-corrected chi connectivity index (χ2v) is 10.9. The van der Waals surface area contributed by atoms with Crippen LogP contribution in [0.2, 0.25) is 0 Å². The van der Waals surface area contributed by atoms with Gasteiger partial charge in [-0.15, -0.1) is 11.3 Å². The summed E-state index contributed by atoms with van der Waals surface area (Å²) in [5.41, 5.74) is 2.00. The van der Waals surface area contributed by atoms with Crippen molar-refractivity contribution in [3.05, 3.63) is 57.0 Å². The zero-order valence-electron chi connectivity index (χ0n) is 17.2. The first-order valence-electron chi connectivity index (χ1n) is 9.27. The number of hydrogen-bond donors (Lipinski definition) is 2. The zero-order valence-corrected chi connectivity index (χ0v) is 19.6. The zero-order chi connectivity index (χ0) is 22.6. The first-order valence-corrected chi connectivity index (χ1v) is 12.5. The Hall–Kier alpha value is -2.31. The van der Waals surface area contributed by atoms with Gasteiger partial charge in [-0.05, 0) is 56.3 Å². The fraction of sp³-hybridized carbons (Fsp3) is 0.300. The number of alkyl carbamates (subject to hydrolysis) is 1. The lowest BCUT2D eigenvalue weighted by Crippen LogP contribution is -2.35. The van der Waals surface area contributed by atoms with Gasteiger partial charge in [0.05, 0.1) is 16.6 Å². The molecule has 3 N–H and O–H groups in total. The maximum atomic E-state index is 12.4. The molecule has 0 aliphatic heterocycles. The minimum atomic E-state index is -3.98. The molecule has 8 nitrogen and oxygen atoms in total. The van der Waals surface area contributed by atoms with Gasteiger partial charge in [-0.25, -0.2) is 9.78 Å². The summed E-state index contributed by atoms with van der Waals surface area (Å²) >= 11 is 3.02. The van der Waals surface area contributed by atoms with Gasteiger partial charge in [-0.3, -0.25) is 0 Å². The Morgan fingerprint density at radius 1 is 1.19 bits per heavy atom. The van der Waals surface area contributed by atoms with Gasteiger partial charge < -0.3 is 10.1 Å². The number of nitrogens with two attached hydrogens (primary N) is 1. The van der Waals surface area contributed by atoms with E-state index in [1.165, 1.54) is 23.5 Å². The van der Waals surface area contributed by atoms with Gasteiger partial charge in [-0.2, -0.15) is 29.9 Å². The molecule has 166 valence electrons. The Bertz CT molecular complexity index is 1120. The minimum Gasteiger partial charge on any atom is -0.444 e. The fourth-order valence-corrected chi connectivity index (χ4v) is 4.83. The predicted molar refractivity (Wildman–Crippen MR) is 120 cm³/mol. The summed E-state index contributed by atoms with van der Waals surface area (Å²) in [4.78, 5) is 17.1. The number of aromatic nitrogens is 1. The highest BCUT2D eigenvalue weighted by atomic mass is 32.2. The van der Waals surface area contributed by atoms with Crippen LogP contribution in [0.25, 0.3) is 11.3 Å². The third-order valence-electron chi connectivity index (χ3n) is 4.11. The summed E-state index contributed by atoms with van der Waals surface area (Å²) < 4.78 is 32.9. The molecule has 0 bridgehead atoms. The van der Waals surface area contributed by atoms with Gasteiger partial charge in [0.2, 0.25) is 0 Å². The molecule has 0 unspecified atom stereocenters. The molecular weight excluding hydrogens is 458 g/mol. The molecule has 3 aromatic rings. The van der Waals surface area contributed by atoms with Crippen LogP contribution in [0.15, 0.2) is 51.4 Å². The van der Waals surface area contributed by atoms with Crippen molar-refractivity contribution in [3.63, 3.8) is 0 Å². The van der Waals surface area contributed by atoms with Crippen molar-refractivity contribution in [1.29, 1.82) is 0 Å². The van der Waals surface area contributed by atoms with E-state index in [0.29, 0.717) is 11.4 Å². The van der Waals surface area contributed by atoms with Gasteiger partial charge >= 0.3 is 16.2 Å². The normalized spacial score (nSPS) is 13.0. The summed E-state index contributed by atoms with van der Waals surface area (Å²) in [5, 5.41) is 9.52. The fourth-order valence-electron chi connectivity index (χ4n) is 2.72. The molecule has 0 saturated carbocycles. The van der Waals surface area contributed by atoms with Gasteiger partial charge in [0, 0.05) is 16.3 Å². The van der Waals surface area contributed by atoms with E-state index in [-0.39, 0.29) is 4.90 Å². The Morgan fingerprint density at radius 2 is 1.90 bits per heavy atom. The molecule has 0 radical (unpaired) electrons. The number of benzene rings is 1. The molecule has 0 aliphatic rings. The van der Waals surface area contributed by atoms with Gasteiger partial charge in [0.25, 0.3) is 0 Å².